The molecule has 1 saturated heterocycles. The number of nitrogens with one attached hydrogen (secondary N) is 1. The van der Waals surface area contributed by atoms with Gasteiger partial charge in [-0.1, -0.05) is 29.8 Å². The van der Waals surface area contributed by atoms with Crippen LogP contribution < -0.4 is 15.0 Å². The third kappa shape index (κ3) is 5.70. The second-order valence-corrected chi connectivity index (χ2v) is 8.49. The van der Waals surface area contributed by atoms with Gasteiger partial charge in [0.05, 0.1) is 35.9 Å². The second kappa shape index (κ2) is 10.7. The Morgan fingerprint density at radius 3 is 2.66 bits per heavy atom. The molecular formula is C23H24ClN4O3S+. The number of amides is 1. The zero-order valence-corrected chi connectivity index (χ0v) is 19.3. The standard InChI is InChI=1S/C23H23ClN4O3S/c1-32-15-17-14-21(28-9-11-30-12-10-28)27-22(25-17)16-7-8-20(19(24)13-16)26-23(29)31-18-5-3-2-4-6-18/h2-8,13-14H,9-12,15H2,1H3,(H,26,29)/p+1. The Bertz CT molecular complexity index is 1080. The van der Waals surface area contributed by atoms with Crippen LogP contribution in [-0.4, -0.2) is 48.6 Å². The monoisotopic (exact) mass is 471 g/mol. The lowest BCUT2D eigenvalue weighted by Gasteiger charge is -2.28. The predicted octanol–water partition coefficient (Wildman–Crippen LogP) is 4.19. The van der Waals surface area contributed by atoms with Crippen LogP contribution in [0.4, 0.5) is 16.3 Å². The smallest absolute Gasteiger partial charge is 0.410 e. The molecule has 2 heterocycles. The fourth-order valence-electron chi connectivity index (χ4n) is 3.30. The quantitative estimate of drug-likeness (QED) is 0.429. The summed E-state index contributed by atoms with van der Waals surface area (Å²) in [5, 5.41) is 3.05. The molecule has 0 saturated carbocycles. The number of hydrogen-bond donors (Lipinski definition) is 1. The van der Waals surface area contributed by atoms with E-state index in [9.17, 15) is 4.79 Å². The SMILES string of the molecule is C[SH+]Cc1cc(N2CCOCC2)nc(-c2ccc(NC(=O)Oc3ccccc3)c(Cl)c2)n1. The normalized spacial score (nSPS) is 13.6. The lowest BCUT2D eigenvalue weighted by atomic mass is 10.2. The highest BCUT2D eigenvalue weighted by Crippen LogP contribution is 2.29. The van der Waals surface area contributed by atoms with Crippen LogP contribution in [0.5, 0.6) is 5.75 Å². The maximum Gasteiger partial charge on any atom is 0.417 e. The molecule has 32 heavy (non-hydrogen) atoms. The van der Waals surface area contributed by atoms with Crippen LogP contribution in [0.1, 0.15) is 5.69 Å². The summed E-state index contributed by atoms with van der Waals surface area (Å²) in [6.45, 7) is 2.97. The fourth-order valence-corrected chi connectivity index (χ4v) is 4.01. The highest BCUT2D eigenvalue weighted by molar-refractivity contribution is 7.76. The number of aromatic nitrogens is 2. The Morgan fingerprint density at radius 1 is 1.16 bits per heavy atom. The van der Waals surface area contributed by atoms with E-state index in [4.69, 9.17) is 31.0 Å². The Kier molecular flexibility index (Phi) is 7.47. The molecule has 1 aliphatic rings. The Hall–Kier alpha value is -2.81. The summed E-state index contributed by atoms with van der Waals surface area (Å²) in [4.78, 5) is 23.9. The van der Waals surface area contributed by atoms with Gasteiger partial charge in [-0.3, -0.25) is 5.32 Å². The third-order valence-electron chi connectivity index (χ3n) is 4.84. The number of carbonyl (C=O) groups excluding carboxylic acids is 1. The van der Waals surface area contributed by atoms with Gasteiger partial charge in [0.2, 0.25) is 0 Å². The molecule has 0 bridgehead atoms. The summed E-state index contributed by atoms with van der Waals surface area (Å²) >= 11 is 7.69. The molecule has 1 amide bonds. The maximum atomic E-state index is 12.2. The zero-order chi connectivity index (χ0) is 22.3. The first-order valence-electron chi connectivity index (χ1n) is 10.2. The van der Waals surface area contributed by atoms with Gasteiger partial charge in [0.25, 0.3) is 0 Å². The van der Waals surface area contributed by atoms with E-state index in [1.807, 2.05) is 18.2 Å². The minimum Gasteiger partial charge on any atom is -0.410 e. The number of rotatable bonds is 6. The number of carbonyl (C=O) groups is 1. The Balaban J connectivity index is 1.55. The van der Waals surface area contributed by atoms with Crippen LogP contribution in [0, 0.1) is 0 Å². The zero-order valence-electron chi connectivity index (χ0n) is 17.6. The van der Waals surface area contributed by atoms with Gasteiger partial charge in [-0.05, 0) is 42.1 Å². The summed E-state index contributed by atoms with van der Waals surface area (Å²) in [7, 11) is 0. The molecule has 0 radical (unpaired) electrons. The van der Waals surface area contributed by atoms with Crippen molar-refractivity contribution in [3.63, 3.8) is 0 Å². The molecule has 0 spiro atoms. The molecule has 7 nitrogen and oxygen atoms in total. The number of benzene rings is 2. The number of ether oxygens (including phenoxy) is 2. The van der Waals surface area contributed by atoms with Gasteiger partial charge in [-0.2, -0.15) is 0 Å². The van der Waals surface area contributed by atoms with Gasteiger partial charge in [0, 0.05) is 24.7 Å². The molecule has 1 N–H and O–H groups in total. The number of morpholine rings is 1. The van der Waals surface area contributed by atoms with E-state index in [2.05, 4.69) is 16.5 Å². The number of nitrogens with zero attached hydrogens (tertiary/aromatic N) is 3. The molecule has 0 aliphatic carbocycles. The first-order chi connectivity index (χ1) is 15.6. The van der Waals surface area contributed by atoms with Crippen molar-refractivity contribution >= 4 is 41.0 Å². The van der Waals surface area contributed by atoms with Crippen LogP contribution in [-0.2, 0) is 22.3 Å². The third-order valence-corrected chi connectivity index (χ3v) is 5.79. The molecule has 1 fully saturated rings. The van der Waals surface area contributed by atoms with E-state index in [0.29, 0.717) is 35.5 Å². The average Bonchev–Trinajstić information content (AvgIpc) is 2.81. The molecule has 0 atom stereocenters. The van der Waals surface area contributed by atoms with Crippen molar-refractivity contribution in [3.05, 3.63) is 65.3 Å². The number of thiol groups is 1. The minimum absolute atomic E-state index is 0.378. The van der Waals surface area contributed by atoms with Crippen LogP contribution in [0.25, 0.3) is 11.4 Å². The van der Waals surface area contributed by atoms with E-state index >= 15 is 0 Å². The fraction of sp³-hybridized carbons (Fsp3) is 0.261. The number of hydrogen-bond acceptors (Lipinski definition) is 6. The van der Waals surface area contributed by atoms with E-state index in [1.54, 1.807) is 36.4 Å². The Labute approximate surface area is 196 Å². The molecule has 3 aromatic rings. The molecule has 1 aliphatic heterocycles. The topological polar surface area (TPSA) is 76.6 Å². The van der Waals surface area contributed by atoms with Crippen molar-refractivity contribution in [2.75, 3.05) is 42.8 Å². The van der Waals surface area contributed by atoms with E-state index < -0.39 is 6.09 Å². The molecule has 0 unspecified atom stereocenters. The first-order valence-corrected chi connectivity index (χ1v) is 12.1. The number of anilines is 2. The second-order valence-electron chi connectivity index (χ2n) is 7.14. The summed E-state index contributed by atoms with van der Waals surface area (Å²) in [5.41, 5.74) is 2.21. The van der Waals surface area contributed by atoms with Gasteiger partial charge < -0.3 is 14.4 Å². The van der Waals surface area contributed by atoms with Crippen LogP contribution in [0.3, 0.4) is 0 Å². The van der Waals surface area contributed by atoms with E-state index in [1.165, 1.54) is 11.8 Å². The minimum atomic E-state index is -0.611. The van der Waals surface area contributed by atoms with Gasteiger partial charge >= 0.3 is 6.09 Å². The van der Waals surface area contributed by atoms with Crippen molar-refractivity contribution in [2.45, 2.75) is 5.75 Å². The lowest BCUT2D eigenvalue weighted by Crippen LogP contribution is -2.37. The molecular weight excluding hydrogens is 448 g/mol. The van der Waals surface area contributed by atoms with Crippen molar-refractivity contribution in [1.82, 2.24) is 9.97 Å². The van der Waals surface area contributed by atoms with Crippen molar-refractivity contribution in [2.24, 2.45) is 0 Å². The number of para-hydroxylation sites is 1. The van der Waals surface area contributed by atoms with Crippen LogP contribution in [0.2, 0.25) is 5.02 Å². The van der Waals surface area contributed by atoms with Crippen LogP contribution in [0.15, 0.2) is 54.6 Å². The largest absolute Gasteiger partial charge is 0.417 e. The molecule has 4 rings (SSSR count). The molecule has 2 aromatic carbocycles. The van der Waals surface area contributed by atoms with Crippen molar-refractivity contribution < 1.29 is 14.3 Å². The maximum absolute atomic E-state index is 12.2. The Morgan fingerprint density at radius 2 is 1.94 bits per heavy atom. The average molecular weight is 472 g/mol. The van der Waals surface area contributed by atoms with E-state index in [-0.39, 0.29) is 0 Å². The molecule has 9 heteroatoms. The summed E-state index contributed by atoms with van der Waals surface area (Å²) in [6.07, 6.45) is 1.49. The summed E-state index contributed by atoms with van der Waals surface area (Å²) in [6, 6.07) is 16.2. The van der Waals surface area contributed by atoms with Gasteiger partial charge in [-0.25, -0.2) is 14.8 Å². The summed E-state index contributed by atoms with van der Waals surface area (Å²) in [5.74, 6) is 2.79. The molecule has 1 aromatic heterocycles. The van der Waals surface area contributed by atoms with Gasteiger partial charge in [0.1, 0.15) is 17.3 Å². The lowest BCUT2D eigenvalue weighted by molar-refractivity contribution is 0.122. The van der Waals surface area contributed by atoms with Gasteiger partial charge in [-0.15, -0.1) is 0 Å². The number of halogens is 1. The van der Waals surface area contributed by atoms with Crippen molar-refractivity contribution in [3.8, 4) is 17.1 Å². The summed E-state index contributed by atoms with van der Waals surface area (Å²) < 4.78 is 10.7. The predicted molar refractivity (Wildman–Crippen MR) is 130 cm³/mol. The highest BCUT2D eigenvalue weighted by atomic mass is 35.5. The van der Waals surface area contributed by atoms with Gasteiger partial charge in [0.15, 0.2) is 5.82 Å². The highest BCUT2D eigenvalue weighted by Gasteiger charge is 2.17. The van der Waals surface area contributed by atoms with E-state index in [0.717, 1.165) is 35.9 Å². The van der Waals surface area contributed by atoms with Crippen LogP contribution >= 0.6 is 11.6 Å². The first kappa shape index (κ1) is 22.4. The molecule has 166 valence electrons. The van der Waals surface area contributed by atoms with Crippen molar-refractivity contribution in [1.29, 1.82) is 0 Å².